The number of halogens is 3. The molecule has 2 unspecified atom stereocenters. The second kappa shape index (κ2) is 15.2. The summed E-state index contributed by atoms with van der Waals surface area (Å²) in [4.78, 5) is 63.0. The summed E-state index contributed by atoms with van der Waals surface area (Å²) < 4.78 is 9.09. The number of nitrogen functional groups attached to an aromatic ring is 1. The number of anilines is 1. The number of benzene rings is 2. The fraction of sp³-hybridized carbons (Fsp3) is 0.290. The topological polar surface area (TPSA) is 163 Å². The van der Waals surface area contributed by atoms with Crippen LogP contribution in [0.1, 0.15) is 22.9 Å². The lowest BCUT2D eigenvalue weighted by Crippen LogP contribution is -2.73. The van der Waals surface area contributed by atoms with Crippen molar-refractivity contribution in [2.24, 2.45) is 10.6 Å². The molecule has 252 valence electrons. The van der Waals surface area contributed by atoms with Crippen molar-refractivity contribution in [2.75, 3.05) is 31.2 Å². The Hall–Kier alpha value is -3.82. The van der Waals surface area contributed by atoms with Crippen LogP contribution in [-0.4, -0.2) is 80.1 Å². The van der Waals surface area contributed by atoms with Crippen molar-refractivity contribution in [1.29, 1.82) is 0 Å². The highest BCUT2D eigenvalue weighted by Gasteiger charge is 2.57. The van der Waals surface area contributed by atoms with Gasteiger partial charge >= 0.3 is 11.9 Å². The largest absolute Gasteiger partial charge is 0.459 e. The molecule has 2 fully saturated rings. The summed E-state index contributed by atoms with van der Waals surface area (Å²) in [5.41, 5.74) is 5.86. The van der Waals surface area contributed by atoms with Gasteiger partial charge in [0, 0.05) is 17.7 Å². The number of nitrogens with one attached hydrogen (secondary N) is 1. The summed E-state index contributed by atoms with van der Waals surface area (Å²) in [5.74, 6) is -2.41. The van der Waals surface area contributed by atoms with Crippen LogP contribution in [0.25, 0.3) is 0 Å². The Kier molecular flexibility index (Phi) is 11.2. The maximum Gasteiger partial charge on any atom is 0.347 e. The third-order valence-corrected chi connectivity index (χ3v) is 9.88. The summed E-state index contributed by atoms with van der Waals surface area (Å²) in [5, 5.41) is 7.54. The van der Waals surface area contributed by atoms with Crippen molar-refractivity contribution in [3.05, 3.63) is 95.5 Å². The summed E-state index contributed by atoms with van der Waals surface area (Å²) >= 11 is 19.1. The molecule has 1 aromatic heterocycles. The number of fused-ring (bicyclic) bond motifs is 1. The summed E-state index contributed by atoms with van der Waals surface area (Å²) in [6.07, 6.45) is 0.840. The van der Waals surface area contributed by atoms with Crippen LogP contribution in [0.2, 0.25) is 0 Å². The molecule has 0 spiro atoms. The number of carbonyl (C=O) groups excluding carboxylic acids is 4. The SMILES string of the molecule is C=CC1(C(=O)OC(c2ccccc2)c2ccccc2)CS[C@@H]2C(NC(=O)C(=NOCC(=O)OCC(Cl)(Cl)Cl)c3csc(N)n3)C(=O)N2C1. The molecule has 0 saturated carbocycles. The molecule has 0 radical (unpaired) electrons. The second-order valence-electron chi connectivity index (χ2n) is 10.6. The molecule has 3 aromatic rings. The molecule has 2 aliphatic heterocycles. The lowest BCUT2D eigenvalue weighted by molar-refractivity contribution is -0.162. The van der Waals surface area contributed by atoms with Gasteiger partial charge in [-0.3, -0.25) is 14.4 Å². The Morgan fingerprint density at radius 3 is 2.35 bits per heavy atom. The van der Waals surface area contributed by atoms with Crippen LogP contribution in [-0.2, 0) is 33.5 Å². The van der Waals surface area contributed by atoms with Gasteiger partial charge in [0.25, 0.3) is 5.91 Å². The van der Waals surface area contributed by atoms with Crippen LogP contribution in [0.3, 0.4) is 0 Å². The monoisotopic (exact) mass is 751 g/mol. The molecule has 48 heavy (non-hydrogen) atoms. The Morgan fingerprint density at radius 2 is 1.79 bits per heavy atom. The first kappa shape index (κ1) is 35.5. The number of β-lactam (4-membered cyclic amide) rings is 1. The summed E-state index contributed by atoms with van der Waals surface area (Å²) in [6.45, 7) is 2.69. The number of hydrogen-bond acceptors (Lipinski definition) is 12. The lowest BCUT2D eigenvalue weighted by Gasteiger charge is -2.53. The molecule has 0 bridgehead atoms. The van der Waals surface area contributed by atoms with E-state index in [4.69, 9.17) is 54.8 Å². The Bertz CT molecular complexity index is 1670. The predicted octanol–water partition coefficient (Wildman–Crippen LogP) is 4.26. The van der Waals surface area contributed by atoms with E-state index in [0.29, 0.717) is 0 Å². The predicted molar refractivity (Wildman–Crippen MR) is 184 cm³/mol. The first-order chi connectivity index (χ1) is 22.9. The third kappa shape index (κ3) is 8.24. The maximum absolute atomic E-state index is 13.8. The van der Waals surface area contributed by atoms with E-state index in [1.807, 2.05) is 60.7 Å². The fourth-order valence-corrected chi connectivity index (χ4v) is 7.14. The van der Waals surface area contributed by atoms with Gasteiger partial charge in [-0.15, -0.1) is 29.7 Å². The number of nitrogens with zero attached hydrogens (tertiary/aromatic N) is 3. The van der Waals surface area contributed by atoms with Crippen LogP contribution in [0, 0.1) is 5.41 Å². The van der Waals surface area contributed by atoms with E-state index < -0.39 is 63.7 Å². The Labute approximate surface area is 298 Å². The van der Waals surface area contributed by atoms with E-state index in [1.54, 1.807) is 0 Å². The molecule has 2 saturated heterocycles. The lowest BCUT2D eigenvalue weighted by atomic mass is 9.87. The zero-order chi connectivity index (χ0) is 34.5. The van der Waals surface area contributed by atoms with Gasteiger partial charge in [0.2, 0.25) is 16.3 Å². The van der Waals surface area contributed by atoms with Gasteiger partial charge in [-0.05, 0) is 11.1 Å². The molecule has 2 aromatic carbocycles. The number of ether oxygens (including phenoxy) is 2. The number of amides is 2. The van der Waals surface area contributed by atoms with E-state index in [-0.39, 0.29) is 28.8 Å². The molecule has 3 atom stereocenters. The van der Waals surface area contributed by atoms with E-state index >= 15 is 0 Å². The van der Waals surface area contributed by atoms with E-state index in [9.17, 15) is 19.2 Å². The first-order valence-corrected chi connectivity index (χ1v) is 17.3. The number of rotatable bonds is 12. The van der Waals surface area contributed by atoms with Gasteiger partial charge in [0.1, 0.15) is 29.1 Å². The van der Waals surface area contributed by atoms with Crippen LogP contribution < -0.4 is 11.1 Å². The highest BCUT2D eigenvalue weighted by molar-refractivity contribution is 8.00. The van der Waals surface area contributed by atoms with Crippen molar-refractivity contribution in [1.82, 2.24) is 15.2 Å². The second-order valence-corrected chi connectivity index (χ2v) is 15.2. The maximum atomic E-state index is 13.8. The van der Waals surface area contributed by atoms with Gasteiger partial charge in [-0.2, -0.15) is 0 Å². The zero-order valence-electron chi connectivity index (χ0n) is 24.9. The van der Waals surface area contributed by atoms with Gasteiger partial charge in [-0.25, -0.2) is 9.78 Å². The molecule has 2 aliphatic rings. The highest BCUT2D eigenvalue weighted by atomic mass is 35.6. The minimum atomic E-state index is -1.82. The molecule has 3 heterocycles. The van der Waals surface area contributed by atoms with Crippen molar-refractivity contribution in [2.45, 2.75) is 21.3 Å². The number of aromatic nitrogens is 1. The zero-order valence-corrected chi connectivity index (χ0v) is 28.8. The standard InChI is InChI=1S/C31H28Cl3N5O7S2/c1-2-30(28(43)46-24(18-9-5-3-6-10-18)19-11-7-4-8-12-19)15-39-26(42)23(27(39)48-17-30)37-25(41)22(20-14-47-29(35)36-20)38-45-13-21(40)44-16-31(32,33)34/h2-12,14,23-24,27H,1,13,15-17H2,(H2,35,36)(H,37,41)/t23?,27-,30?/m1/s1. The quantitative estimate of drug-likeness (QED) is 0.0683. The first-order valence-electron chi connectivity index (χ1n) is 14.2. The molecule has 17 heteroatoms. The normalized spacial score (nSPS) is 20.7. The van der Waals surface area contributed by atoms with E-state index in [1.165, 1.54) is 28.1 Å². The summed E-state index contributed by atoms with van der Waals surface area (Å²) in [6, 6.07) is 17.8. The summed E-state index contributed by atoms with van der Waals surface area (Å²) in [7, 11) is 0. The number of hydrogen-bond donors (Lipinski definition) is 2. The number of nitrogens with two attached hydrogens (primary N) is 1. The molecule has 12 nitrogen and oxygen atoms in total. The molecule has 3 N–H and O–H groups in total. The van der Waals surface area contributed by atoms with Crippen molar-refractivity contribution >= 4 is 92.5 Å². The van der Waals surface area contributed by atoms with E-state index in [0.717, 1.165) is 22.5 Å². The van der Waals surface area contributed by atoms with Crippen LogP contribution in [0.5, 0.6) is 0 Å². The van der Waals surface area contributed by atoms with Crippen LogP contribution >= 0.6 is 57.9 Å². The van der Waals surface area contributed by atoms with Gasteiger partial charge < -0.3 is 30.3 Å². The minimum Gasteiger partial charge on any atom is -0.459 e. The average molecular weight is 753 g/mol. The van der Waals surface area contributed by atoms with Crippen molar-refractivity contribution in [3.8, 4) is 0 Å². The Balaban J connectivity index is 1.25. The molecular formula is C31H28Cl3N5O7S2. The number of esters is 2. The van der Waals surface area contributed by atoms with Crippen LogP contribution in [0.4, 0.5) is 5.13 Å². The smallest absolute Gasteiger partial charge is 0.347 e. The minimum absolute atomic E-state index is 0.0114. The average Bonchev–Trinajstić information content (AvgIpc) is 3.52. The Morgan fingerprint density at radius 1 is 1.15 bits per heavy atom. The van der Waals surface area contributed by atoms with Gasteiger partial charge in [0.05, 0.1) is 0 Å². The number of carbonyl (C=O) groups is 4. The molecule has 5 rings (SSSR count). The van der Waals surface area contributed by atoms with Gasteiger partial charge in [0.15, 0.2) is 16.9 Å². The number of thioether (sulfide) groups is 1. The number of oxime groups is 1. The third-order valence-electron chi connectivity index (χ3n) is 7.33. The van der Waals surface area contributed by atoms with Crippen LogP contribution in [0.15, 0.2) is 83.9 Å². The highest BCUT2D eigenvalue weighted by Crippen LogP contribution is 2.44. The number of thiazole rings is 1. The molecule has 0 aliphatic carbocycles. The van der Waals surface area contributed by atoms with E-state index in [2.05, 4.69) is 22.0 Å². The van der Waals surface area contributed by atoms with Crippen molar-refractivity contribution in [3.63, 3.8) is 0 Å². The van der Waals surface area contributed by atoms with Gasteiger partial charge in [-0.1, -0.05) is 107 Å². The molecule has 2 amide bonds. The van der Waals surface area contributed by atoms with Crippen molar-refractivity contribution < 1.29 is 33.5 Å². The fourth-order valence-electron chi connectivity index (χ4n) is 4.90. The number of alkyl halides is 3. The molecular weight excluding hydrogens is 725 g/mol.